The van der Waals surface area contributed by atoms with E-state index in [4.69, 9.17) is 4.74 Å². The Balaban J connectivity index is 3.47. The van der Waals surface area contributed by atoms with E-state index in [-0.39, 0.29) is 18.7 Å². The van der Waals surface area contributed by atoms with E-state index in [1.165, 1.54) is 32.8 Å². The molecule has 1 atom stereocenters. The summed E-state index contributed by atoms with van der Waals surface area (Å²) in [5, 5.41) is 0. The monoisotopic (exact) mass is 240 g/mol. The van der Waals surface area contributed by atoms with E-state index < -0.39 is 0 Å². The second kappa shape index (κ2) is 11.5. The summed E-state index contributed by atoms with van der Waals surface area (Å²) in [6, 6.07) is 0. The second-order valence-electron chi connectivity index (χ2n) is 4.01. The lowest BCUT2D eigenvalue weighted by Crippen LogP contribution is -2.15. The second-order valence-corrected chi connectivity index (χ2v) is 4.01. The molecule has 0 spiro atoms. The predicted molar refractivity (Wildman–Crippen MR) is 68.6 cm³/mol. The highest BCUT2D eigenvalue weighted by Crippen LogP contribution is 2.04. The highest BCUT2D eigenvalue weighted by molar-refractivity contribution is 5.70. The molecule has 0 bridgehead atoms. The third-order valence-electron chi connectivity index (χ3n) is 2.39. The summed E-state index contributed by atoms with van der Waals surface area (Å²) >= 11 is 0. The average Bonchev–Trinajstić information content (AvgIpc) is 2.34. The lowest BCUT2D eigenvalue weighted by molar-refractivity contribution is -0.146. The van der Waals surface area contributed by atoms with Gasteiger partial charge in [-0.2, -0.15) is 0 Å². The van der Waals surface area contributed by atoms with Gasteiger partial charge in [0.05, 0.1) is 7.11 Å². The van der Waals surface area contributed by atoms with Crippen molar-refractivity contribution in [2.24, 2.45) is 0 Å². The number of hydrogen-bond acceptors (Lipinski definition) is 3. The normalized spacial score (nSPS) is 11.5. The predicted octanol–water partition coefficient (Wildman–Crippen LogP) is 2.93. The number of hydrogen-bond donors (Lipinski definition) is 0. The minimum absolute atomic E-state index is 0.0250. The molecular formula is C14H24O3. The summed E-state index contributed by atoms with van der Waals surface area (Å²) in [6.45, 7) is 4.02. The van der Waals surface area contributed by atoms with Crippen LogP contribution in [0.2, 0.25) is 0 Å². The molecule has 0 saturated carbocycles. The van der Waals surface area contributed by atoms with Crippen LogP contribution in [0.5, 0.6) is 0 Å². The van der Waals surface area contributed by atoms with Crippen molar-refractivity contribution in [1.82, 2.24) is 0 Å². The zero-order valence-corrected chi connectivity index (χ0v) is 11.3. The summed E-state index contributed by atoms with van der Waals surface area (Å²) in [6.07, 6.45) is 6.99. The first kappa shape index (κ1) is 16.0. The van der Waals surface area contributed by atoms with Crippen LogP contribution in [0.3, 0.4) is 0 Å². The van der Waals surface area contributed by atoms with E-state index >= 15 is 0 Å². The zero-order chi connectivity index (χ0) is 12.9. The van der Waals surface area contributed by atoms with Crippen molar-refractivity contribution in [3.8, 4) is 11.8 Å². The number of esters is 1. The lowest BCUT2D eigenvalue weighted by Gasteiger charge is -2.04. The van der Waals surface area contributed by atoms with E-state index in [1.54, 1.807) is 0 Å². The van der Waals surface area contributed by atoms with Crippen LogP contribution < -0.4 is 0 Å². The average molecular weight is 240 g/mol. The standard InChI is InChI=1S/C14H24O3/c1-4-5-6-7-8-9-10-11-13(2)17-12-14(15)16-3/h13H,4-9,12H2,1-3H3/t13-/m1/s1. The Morgan fingerprint density at radius 3 is 2.59 bits per heavy atom. The molecular weight excluding hydrogens is 216 g/mol. The summed E-state index contributed by atoms with van der Waals surface area (Å²) in [7, 11) is 1.35. The molecule has 3 heteroatoms. The van der Waals surface area contributed by atoms with Gasteiger partial charge >= 0.3 is 5.97 Å². The number of carbonyl (C=O) groups is 1. The van der Waals surface area contributed by atoms with E-state index in [0.717, 1.165) is 12.8 Å². The van der Waals surface area contributed by atoms with Crippen LogP contribution in [0.25, 0.3) is 0 Å². The molecule has 0 unspecified atom stereocenters. The van der Waals surface area contributed by atoms with Gasteiger partial charge in [0.15, 0.2) is 0 Å². The van der Waals surface area contributed by atoms with Crippen LogP contribution >= 0.6 is 0 Å². The Morgan fingerprint density at radius 1 is 1.24 bits per heavy atom. The quantitative estimate of drug-likeness (QED) is 0.372. The molecule has 0 amide bonds. The Kier molecular flexibility index (Phi) is 10.8. The summed E-state index contributed by atoms with van der Waals surface area (Å²) in [4.78, 5) is 10.8. The number of unbranched alkanes of at least 4 members (excludes halogenated alkanes) is 5. The Bertz CT molecular complexity index is 250. The lowest BCUT2D eigenvalue weighted by atomic mass is 10.1. The summed E-state index contributed by atoms with van der Waals surface area (Å²) < 4.78 is 9.66. The van der Waals surface area contributed by atoms with E-state index in [9.17, 15) is 4.79 Å². The molecule has 0 aliphatic rings. The van der Waals surface area contributed by atoms with Crippen LogP contribution in [0.4, 0.5) is 0 Å². The van der Waals surface area contributed by atoms with E-state index in [0.29, 0.717) is 0 Å². The molecule has 0 heterocycles. The highest BCUT2D eigenvalue weighted by atomic mass is 16.6. The van der Waals surface area contributed by atoms with Crippen molar-refractivity contribution >= 4 is 5.97 Å². The summed E-state index contributed by atoms with van der Waals surface area (Å²) in [5.41, 5.74) is 0. The maximum Gasteiger partial charge on any atom is 0.331 e. The molecule has 3 nitrogen and oxygen atoms in total. The molecule has 0 aromatic carbocycles. The molecule has 98 valence electrons. The minimum Gasteiger partial charge on any atom is -0.467 e. The number of ether oxygens (including phenoxy) is 2. The van der Waals surface area contributed by atoms with Gasteiger partial charge < -0.3 is 9.47 Å². The van der Waals surface area contributed by atoms with Crippen LogP contribution in [0.1, 0.15) is 52.4 Å². The van der Waals surface area contributed by atoms with Gasteiger partial charge in [-0.25, -0.2) is 4.79 Å². The van der Waals surface area contributed by atoms with Crippen LogP contribution in [0, 0.1) is 11.8 Å². The first-order valence-electron chi connectivity index (χ1n) is 6.37. The first-order chi connectivity index (χ1) is 8.20. The SMILES string of the molecule is CCCCCCCC#C[C@@H](C)OCC(=O)OC. The van der Waals surface area contributed by atoms with Crippen molar-refractivity contribution in [1.29, 1.82) is 0 Å². The molecule has 0 aliphatic carbocycles. The summed E-state index contributed by atoms with van der Waals surface area (Å²) in [5.74, 6) is 5.69. The smallest absolute Gasteiger partial charge is 0.331 e. The molecule has 0 saturated heterocycles. The fourth-order valence-corrected chi connectivity index (χ4v) is 1.33. The molecule has 17 heavy (non-hydrogen) atoms. The van der Waals surface area contributed by atoms with Crippen molar-refractivity contribution in [3.05, 3.63) is 0 Å². The van der Waals surface area contributed by atoms with Crippen LogP contribution in [-0.4, -0.2) is 25.8 Å². The van der Waals surface area contributed by atoms with Crippen molar-refractivity contribution in [2.45, 2.75) is 58.5 Å². The third kappa shape index (κ3) is 11.3. The molecule has 0 aromatic rings. The highest BCUT2D eigenvalue weighted by Gasteiger charge is 2.02. The Labute approximate surface area is 105 Å². The van der Waals surface area contributed by atoms with E-state index in [2.05, 4.69) is 23.5 Å². The maximum atomic E-state index is 10.8. The van der Waals surface area contributed by atoms with Gasteiger partial charge in [0.2, 0.25) is 0 Å². The van der Waals surface area contributed by atoms with Crippen molar-refractivity contribution < 1.29 is 14.3 Å². The maximum absolute atomic E-state index is 10.8. The van der Waals surface area contributed by atoms with Gasteiger partial charge in [0.25, 0.3) is 0 Å². The fourth-order valence-electron chi connectivity index (χ4n) is 1.33. The molecule has 0 aromatic heterocycles. The number of methoxy groups -OCH3 is 1. The molecule has 0 N–H and O–H groups in total. The van der Waals surface area contributed by atoms with Gasteiger partial charge in [-0.05, 0) is 13.3 Å². The molecule has 0 aliphatic heterocycles. The van der Waals surface area contributed by atoms with E-state index in [1.807, 2.05) is 6.92 Å². The third-order valence-corrected chi connectivity index (χ3v) is 2.39. The van der Waals surface area contributed by atoms with Crippen LogP contribution in [-0.2, 0) is 14.3 Å². The largest absolute Gasteiger partial charge is 0.467 e. The van der Waals surface area contributed by atoms with Crippen molar-refractivity contribution in [2.75, 3.05) is 13.7 Å². The molecule has 0 radical (unpaired) electrons. The molecule has 0 rings (SSSR count). The van der Waals surface area contributed by atoms with Crippen LogP contribution in [0.15, 0.2) is 0 Å². The fraction of sp³-hybridized carbons (Fsp3) is 0.786. The van der Waals surface area contributed by atoms with Gasteiger partial charge in [-0.15, -0.1) is 5.92 Å². The number of carbonyl (C=O) groups excluding carboxylic acids is 1. The minimum atomic E-state index is -0.363. The topological polar surface area (TPSA) is 35.5 Å². The number of rotatable bonds is 8. The Hall–Kier alpha value is -1.01. The van der Waals surface area contributed by atoms with Gasteiger partial charge in [0.1, 0.15) is 12.7 Å². The van der Waals surface area contributed by atoms with Crippen molar-refractivity contribution in [3.63, 3.8) is 0 Å². The van der Waals surface area contributed by atoms with Gasteiger partial charge in [-0.3, -0.25) is 0 Å². The molecule has 0 fully saturated rings. The zero-order valence-electron chi connectivity index (χ0n) is 11.3. The van der Waals surface area contributed by atoms with Gasteiger partial charge in [-0.1, -0.05) is 38.5 Å². The first-order valence-corrected chi connectivity index (χ1v) is 6.37. The van der Waals surface area contributed by atoms with Gasteiger partial charge in [0, 0.05) is 6.42 Å². The Morgan fingerprint density at radius 2 is 1.94 bits per heavy atom.